The van der Waals surface area contributed by atoms with Crippen LogP contribution < -0.4 is 0 Å². The third-order valence-electron chi connectivity index (χ3n) is 3.52. The highest BCUT2D eigenvalue weighted by Crippen LogP contribution is 2.47. The fourth-order valence-corrected chi connectivity index (χ4v) is 2.89. The third-order valence-corrected chi connectivity index (χ3v) is 4.05. The topological polar surface area (TPSA) is 50.1 Å². The third kappa shape index (κ3) is 2.13. The van der Waals surface area contributed by atoms with Gasteiger partial charge in [-0.2, -0.15) is 5.26 Å². The molecule has 0 radical (unpaired) electrons. The largest absolute Gasteiger partial charge is 0.468 e. The molecule has 3 nitrogen and oxygen atoms in total. The van der Waals surface area contributed by atoms with E-state index in [1.807, 2.05) is 42.5 Å². The Hall–Kier alpha value is -1.79. The highest BCUT2D eigenvalue weighted by Gasteiger charge is 2.53. The van der Waals surface area contributed by atoms with Crippen LogP contribution in [0.1, 0.15) is 17.9 Å². The van der Waals surface area contributed by atoms with E-state index in [1.165, 1.54) is 7.11 Å². The van der Waals surface area contributed by atoms with Crippen LogP contribution in [0.5, 0.6) is 0 Å². The molecule has 0 bridgehead atoms. The van der Waals surface area contributed by atoms with Gasteiger partial charge < -0.3 is 4.74 Å². The number of carbonyl (C=O) groups excluding carboxylic acids is 1. The number of allylic oxidation sites excluding steroid dienone is 2. The van der Waals surface area contributed by atoms with E-state index in [-0.39, 0.29) is 5.92 Å². The van der Waals surface area contributed by atoms with Crippen LogP contribution in [-0.2, 0) is 9.53 Å². The molecule has 0 aliphatic heterocycles. The molecule has 3 atom stereocenters. The molecular formula is C15H14ClNO2. The Morgan fingerprint density at radius 1 is 1.47 bits per heavy atom. The van der Waals surface area contributed by atoms with Gasteiger partial charge in [0.15, 0.2) is 5.41 Å². The van der Waals surface area contributed by atoms with E-state index < -0.39 is 16.8 Å². The van der Waals surface area contributed by atoms with Crippen molar-refractivity contribution in [2.45, 2.75) is 17.7 Å². The summed E-state index contributed by atoms with van der Waals surface area (Å²) in [5.74, 6) is -0.962. The van der Waals surface area contributed by atoms with Gasteiger partial charge >= 0.3 is 5.97 Å². The van der Waals surface area contributed by atoms with Crippen LogP contribution >= 0.6 is 11.6 Å². The van der Waals surface area contributed by atoms with Crippen molar-refractivity contribution in [3.63, 3.8) is 0 Å². The van der Waals surface area contributed by atoms with Crippen molar-refractivity contribution in [2.75, 3.05) is 7.11 Å². The Balaban J connectivity index is 2.56. The first-order valence-corrected chi connectivity index (χ1v) is 6.45. The molecule has 0 heterocycles. The fraction of sp³-hybridized carbons (Fsp3) is 0.333. The van der Waals surface area contributed by atoms with Crippen molar-refractivity contribution in [3.8, 4) is 6.07 Å². The summed E-state index contributed by atoms with van der Waals surface area (Å²) in [6, 6.07) is 11.5. The minimum absolute atomic E-state index is 0.387. The Morgan fingerprint density at radius 2 is 2.16 bits per heavy atom. The number of esters is 1. The molecule has 0 spiro atoms. The Morgan fingerprint density at radius 3 is 2.74 bits per heavy atom. The average Bonchev–Trinajstić information content (AvgIpc) is 2.47. The van der Waals surface area contributed by atoms with Crippen molar-refractivity contribution in [2.24, 2.45) is 5.41 Å². The first-order chi connectivity index (χ1) is 9.16. The number of ether oxygens (including phenoxy) is 1. The van der Waals surface area contributed by atoms with Crippen molar-refractivity contribution >= 4 is 17.6 Å². The number of nitrogens with zero attached hydrogens (tertiary/aromatic N) is 1. The lowest BCUT2D eigenvalue weighted by Gasteiger charge is -2.37. The molecule has 19 heavy (non-hydrogen) atoms. The predicted octanol–water partition coefficient (Wildman–Crippen LogP) is 3.02. The second kappa shape index (κ2) is 5.46. The molecule has 0 amide bonds. The standard InChI is InChI=1S/C15H14ClNO2/c1-19-14(18)15(10-17)12(8-5-9-13(15)16)11-6-3-2-4-7-11/h2-8,12-13H,9H2,1H3/t12-,13-,15?/m0/s1. The molecule has 98 valence electrons. The zero-order valence-corrected chi connectivity index (χ0v) is 11.3. The minimum atomic E-state index is -1.37. The number of hydrogen-bond acceptors (Lipinski definition) is 3. The lowest BCUT2D eigenvalue weighted by Crippen LogP contribution is -2.45. The summed E-state index contributed by atoms with van der Waals surface area (Å²) in [5, 5.41) is 8.98. The quantitative estimate of drug-likeness (QED) is 0.474. The smallest absolute Gasteiger partial charge is 0.328 e. The first-order valence-electron chi connectivity index (χ1n) is 6.02. The van der Waals surface area contributed by atoms with Gasteiger partial charge in [-0.3, -0.25) is 4.79 Å². The van der Waals surface area contributed by atoms with Gasteiger partial charge in [-0.15, -0.1) is 11.6 Å². The zero-order valence-electron chi connectivity index (χ0n) is 10.5. The van der Waals surface area contributed by atoms with Crippen molar-refractivity contribution < 1.29 is 9.53 Å². The summed E-state index contributed by atoms with van der Waals surface area (Å²) in [6.45, 7) is 0. The molecule has 0 N–H and O–H groups in total. The van der Waals surface area contributed by atoms with Crippen LogP contribution in [0.3, 0.4) is 0 Å². The van der Waals surface area contributed by atoms with Crippen LogP contribution in [0.15, 0.2) is 42.5 Å². The molecule has 0 aromatic heterocycles. The minimum Gasteiger partial charge on any atom is -0.468 e. The highest BCUT2D eigenvalue weighted by atomic mass is 35.5. The molecule has 2 rings (SSSR count). The van der Waals surface area contributed by atoms with E-state index in [2.05, 4.69) is 6.07 Å². The van der Waals surface area contributed by atoms with Crippen LogP contribution in [0.25, 0.3) is 0 Å². The maximum Gasteiger partial charge on any atom is 0.328 e. The van der Waals surface area contributed by atoms with Crippen LogP contribution in [0, 0.1) is 16.7 Å². The normalized spacial score (nSPS) is 29.5. The van der Waals surface area contributed by atoms with Gasteiger partial charge in [0.25, 0.3) is 0 Å². The summed E-state index contributed by atoms with van der Waals surface area (Å²) >= 11 is 6.28. The van der Waals surface area contributed by atoms with Crippen LogP contribution in [-0.4, -0.2) is 18.5 Å². The van der Waals surface area contributed by atoms with Gasteiger partial charge in [0.2, 0.25) is 0 Å². The molecule has 1 aliphatic carbocycles. The van der Waals surface area contributed by atoms with Gasteiger partial charge in [-0.1, -0.05) is 42.5 Å². The number of benzene rings is 1. The summed E-state index contributed by atoms with van der Waals surface area (Å²) in [4.78, 5) is 12.2. The monoisotopic (exact) mass is 275 g/mol. The number of alkyl halides is 1. The molecule has 1 aromatic carbocycles. The maximum absolute atomic E-state index is 12.2. The zero-order chi connectivity index (χ0) is 13.9. The summed E-state index contributed by atoms with van der Waals surface area (Å²) in [7, 11) is 1.28. The first kappa shape index (κ1) is 13.6. The molecule has 1 unspecified atom stereocenters. The van der Waals surface area contributed by atoms with Crippen molar-refractivity contribution in [3.05, 3.63) is 48.0 Å². The molecule has 1 aromatic rings. The Kier molecular flexibility index (Phi) is 3.92. The van der Waals surface area contributed by atoms with E-state index in [0.29, 0.717) is 6.42 Å². The number of halogens is 1. The lowest BCUT2D eigenvalue weighted by atomic mass is 9.67. The number of nitriles is 1. The number of hydrogen-bond donors (Lipinski definition) is 0. The lowest BCUT2D eigenvalue weighted by molar-refractivity contribution is -0.150. The van der Waals surface area contributed by atoms with Gasteiger partial charge in [0.1, 0.15) is 0 Å². The van der Waals surface area contributed by atoms with Gasteiger partial charge in [0.05, 0.1) is 18.6 Å². The fourth-order valence-electron chi connectivity index (χ4n) is 2.51. The van der Waals surface area contributed by atoms with E-state index in [1.54, 1.807) is 0 Å². The summed E-state index contributed by atoms with van der Waals surface area (Å²) in [5.41, 5.74) is -0.483. The van der Waals surface area contributed by atoms with E-state index in [4.69, 9.17) is 16.3 Å². The number of methoxy groups -OCH3 is 1. The van der Waals surface area contributed by atoms with Crippen LogP contribution in [0.2, 0.25) is 0 Å². The van der Waals surface area contributed by atoms with E-state index in [9.17, 15) is 10.1 Å². The maximum atomic E-state index is 12.2. The summed E-state index contributed by atoms with van der Waals surface area (Å²) < 4.78 is 4.83. The number of carbonyl (C=O) groups is 1. The van der Waals surface area contributed by atoms with E-state index in [0.717, 1.165) is 5.56 Å². The molecule has 1 aliphatic rings. The number of rotatable bonds is 2. The highest BCUT2D eigenvalue weighted by molar-refractivity contribution is 6.23. The Labute approximate surface area is 117 Å². The van der Waals surface area contributed by atoms with Gasteiger partial charge in [-0.05, 0) is 12.0 Å². The van der Waals surface area contributed by atoms with E-state index >= 15 is 0 Å². The second-order valence-corrected chi connectivity index (χ2v) is 5.02. The molecular weight excluding hydrogens is 262 g/mol. The predicted molar refractivity (Wildman–Crippen MR) is 72.6 cm³/mol. The van der Waals surface area contributed by atoms with Crippen LogP contribution in [0.4, 0.5) is 0 Å². The van der Waals surface area contributed by atoms with Crippen molar-refractivity contribution in [1.82, 2.24) is 0 Å². The second-order valence-electron chi connectivity index (χ2n) is 4.49. The van der Waals surface area contributed by atoms with Gasteiger partial charge in [-0.25, -0.2) is 0 Å². The SMILES string of the molecule is COC(=O)C1(C#N)[C@@H](Cl)CC=C[C@H]1c1ccccc1. The molecule has 4 heteroatoms. The molecule has 0 saturated heterocycles. The average molecular weight is 276 g/mol. The summed E-state index contributed by atoms with van der Waals surface area (Å²) in [6.07, 6.45) is 4.26. The Bertz CT molecular complexity index is 535. The van der Waals surface area contributed by atoms with Crippen molar-refractivity contribution in [1.29, 1.82) is 5.26 Å². The van der Waals surface area contributed by atoms with Gasteiger partial charge in [0, 0.05) is 5.92 Å². The molecule has 0 saturated carbocycles. The molecule has 0 fully saturated rings.